The van der Waals surface area contributed by atoms with E-state index in [0.717, 1.165) is 25.1 Å². The summed E-state index contributed by atoms with van der Waals surface area (Å²) in [6, 6.07) is 2.94. The first kappa shape index (κ1) is 18.2. The summed E-state index contributed by atoms with van der Waals surface area (Å²) in [6.45, 7) is 0.359. The van der Waals surface area contributed by atoms with Crippen molar-refractivity contribution in [1.82, 2.24) is 6.15 Å². The van der Waals surface area contributed by atoms with Gasteiger partial charge in [0.05, 0.1) is 0 Å². The summed E-state index contributed by atoms with van der Waals surface area (Å²) in [7, 11) is 0. The molecule has 0 aliphatic carbocycles. The normalized spacial score (nSPS) is 10.6. The van der Waals surface area contributed by atoms with E-state index >= 15 is 0 Å². The van der Waals surface area contributed by atoms with E-state index in [1.54, 1.807) is 0 Å². The number of phenolic OH excluding ortho intramolecular Hbond substituents is 1. The Morgan fingerprint density at radius 1 is 1.30 bits per heavy atom. The summed E-state index contributed by atoms with van der Waals surface area (Å²) in [5.74, 6) is -2.43. The van der Waals surface area contributed by atoms with E-state index in [1.165, 1.54) is 0 Å². The fourth-order valence-electron chi connectivity index (χ4n) is 1.41. The maximum Gasteiger partial charge on any atom is -0.344 e. The van der Waals surface area contributed by atoms with Gasteiger partial charge in [-0.05, 0) is 0 Å². The molecule has 0 fully saturated rings. The molecule has 0 unspecified atom stereocenters. The van der Waals surface area contributed by atoms with Gasteiger partial charge in [-0.15, -0.1) is 0 Å². The van der Waals surface area contributed by atoms with Crippen molar-refractivity contribution in [3.8, 4) is 5.75 Å². The van der Waals surface area contributed by atoms with Crippen LogP contribution in [0.3, 0.4) is 0 Å². The molecule has 0 heterocycles. The van der Waals surface area contributed by atoms with E-state index in [4.69, 9.17) is 13.3 Å². The largest absolute Gasteiger partial charge is 0.344 e. The van der Waals surface area contributed by atoms with Crippen LogP contribution in [0.5, 0.6) is 5.75 Å². The second-order valence-corrected chi connectivity index (χ2v) is 7.08. The van der Waals surface area contributed by atoms with Gasteiger partial charge >= 0.3 is 110 Å². The molecule has 1 rings (SSSR count). The summed E-state index contributed by atoms with van der Waals surface area (Å²) < 4.78 is 29.0. The van der Waals surface area contributed by atoms with Crippen molar-refractivity contribution in [3.63, 3.8) is 0 Å². The first-order valence-corrected chi connectivity index (χ1v) is 8.40. The Kier molecular flexibility index (Phi) is 5.98. The zero-order valence-corrected chi connectivity index (χ0v) is 12.4. The van der Waals surface area contributed by atoms with Gasteiger partial charge in [-0.2, -0.15) is 0 Å². The molecule has 0 spiro atoms. The van der Waals surface area contributed by atoms with Crippen molar-refractivity contribution in [3.05, 3.63) is 18.2 Å². The van der Waals surface area contributed by atoms with Crippen molar-refractivity contribution >= 4 is 36.1 Å². The number of carbonyl (C=O) groups is 2. The van der Waals surface area contributed by atoms with Crippen molar-refractivity contribution in [2.45, 2.75) is 6.92 Å². The van der Waals surface area contributed by atoms with E-state index in [0.29, 0.717) is 4.90 Å². The Morgan fingerprint density at radius 3 is 2.25 bits per heavy atom. The van der Waals surface area contributed by atoms with Gasteiger partial charge < -0.3 is 6.15 Å². The number of amides is 1. The molecular weight excluding hydrogens is 335 g/mol. The number of carbonyl (C=O) groups excluding carboxylic acids is 1. The molecule has 10 heteroatoms. The van der Waals surface area contributed by atoms with Gasteiger partial charge in [0.15, 0.2) is 0 Å². The van der Waals surface area contributed by atoms with Gasteiger partial charge in [-0.25, -0.2) is 0 Å². The van der Waals surface area contributed by atoms with Crippen LogP contribution in [0.25, 0.3) is 0 Å². The van der Waals surface area contributed by atoms with Gasteiger partial charge in [-0.1, -0.05) is 0 Å². The number of phenols is 1. The fraction of sp³-hybridized carbons (Fsp3) is 0.200. The molecule has 0 aromatic heterocycles. The fourth-order valence-corrected chi connectivity index (χ4v) is 2.58. The summed E-state index contributed by atoms with van der Waals surface area (Å²) in [5.41, 5.74) is -0.253. The molecule has 20 heavy (non-hydrogen) atoms. The molecule has 1 aromatic carbocycles. The van der Waals surface area contributed by atoms with Crippen LogP contribution in [0.15, 0.2) is 18.2 Å². The predicted molar refractivity (Wildman–Crippen MR) is 69.3 cm³/mol. The molecule has 0 aliphatic heterocycles. The van der Waals surface area contributed by atoms with E-state index in [2.05, 4.69) is 0 Å². The minimum Gasteiger partial charge on any atom is -0.344 e. The van der Waals surface area contributed by atoms with Crippen molar-refractivity contribution < 1.29 is 31.7 Å². The van der Waals surface area contributed by atoms with Crippen LogP contribution in [0.1, 0.15) is 6.92 Å². The third-order valence-corrected chi connectivity index (χ3v) is 4.25. The smallest absolute Gasteiger partial charge is 0.344 e. The molecule has 9 nitrogen and oxygen atoms in total. The first-order valence-electron chi connectivity index (χ1n) is 5.02. The second-order valence-electron chi connectivity index (χ2n) is 3.72. The Balaban J connectivity index is 0.00000361. The summed E-state index contributed by atoms with van der Waals surface area (Å²) >= 11 is -5.20. The predicted octanol–water partition coefficient (Wildman–Crippen LogP) is -1.45. The number of carboxylic acid groups (broad SMARTS) is 1. The van der Waals surface area contributed by atoms with Crippen LogP contribution in [0, 0.1) is 0 Å². The van der Waals surface area contributed by atoms with Crippen LogP contribution in [0.2, 0.25) is 0 Å². The molecule has 0 atom stereocenters. The van der Waals surface area contributed by atoms with Crippen molar-refractivity contribution in [2.75, 3.05) is 11.4 Å². The standard InChI is InChI=1S/C10H12AsNO7.H3N/c1-6(13)12(5-10(15)16)8-4-7(11(17,18)19)2-3-9(8)14;/h2-4,14H,5H2,1H3,(H,15,16)(H2,17,18,19);1H3. The van der Waals surface area contributed by atoms with Crippen molar-refractivity contribution in [1.29, 1.82) is 0 Å². The molecule has 1 amide bonds. The third kappa shape index (κ3) is 4.39. The Hall–Kier alpha value is -1.80. The minimum atomic E-state index is -5.20. The molecular formula is C10H15AsN2O7. The topological polar surface area (TPSA) is 170 Å². The van der Waals surface area contributed by atoms with E-state index in [9.17, 15) is 18.4 Å². The Morgan fingerprint density at radius 2 is 1.85 bits per heavy atom. The molecule has 112 valence electrons. The number of carboxylic acids is 1. The average Bonchev–Trinajstić information content (AvgIpc) is 2.24. The number of hydrogen-bond donors (Lipinski definition) is 5. The molecule has 1 aromatic rings. The number of aliphatic carboxylic acids is 1. The monoisotopic (exact) mass is 350 g/mol. The quantitative estimate of drug-likeness (QED) is 0.411. The number of nitrogens with zero attached hydrogens (tertiary/aromatic N) is 1. The number of anilines is 1. The average molecular weight is 350 g/mol. The number of rotatable bonds is 4. The van der Waals surface area contributed by atoms with Crippen LogP contribution < -0.4 is 15.4 Å². The SMILES string of the molecule is CC(=O)N(CC(=O)O)c1cc([As](=O)(O)O)ccc1O.N. The summed E-state index contributed by atoms with van der Waals surface area (Å²) in [6.07, 6.45) is 0. The van der Waals surface area contributed by atoms with Gasteiger partial charge in [0.1, 0.15) is 0 Å². The Bertz CT molecular complexity index is 569. The van der Waals surface area contributed by atoms with Crippen LogP contribution in [-0.2, 0) is 13.3 Å². The minimum absolute atomic E-state index is 0. The zero-order chi connectivity index (χ0) is 14.8. The van der Waals surface area contributed by atoms with Gasteiger partial charge in [-0.3, -0.25) is 0 Å². The number of benzene rings is 1. The summed E-state index contributed by atoms with van der Waals surface area (Å²) in [4.78, 5) is 22.7. The third-order valence-electron chi connectivity index (χ3n) is 2.26. The van der Waals surface area contributed by atoms with Crippen molar-refractivity contribution in [2.24, 2.45) is 0 Å². The molecule has 7 N–H and O–H groups in total. The van der Waals surface area contributed by atoms with Gasteiger partial charge in [0.25, 0.3) is 0 Å². The van der Waals surface area contributed by atoms with Crippen LogP contribution in [0.4, 0.5) is 5.69 Å². The maximum absolute atomic E-state index is 11.4. The van der Waals surface area contributed by atoms with Gasteiger partial charge in [0.2, 0.25) is 0 Å². The molecule has 0 bridgehead atoms. The maximum atomic E-state index is 11.4. The molecule has 0 radical (unpaired) electrons. The molecule has 0 saturated heterocycles. The molecule has 0 saturated carbocycles. The number of aromatic hydroxyl groups is 1. The van der Waals surface area contributed by atoms with Crippen LogP contribution in [-0.4, -0.2) is 51.0 Å². The Labute approximate surface area is 117 Å². The second kappa shape index (κ2) is 6.57. The van der Waals surface area contributed by atoms with Gasteiger partial charge in [0, 0.05) is 0 Å². The molecule has 0 aliphatic rings. The van der Waals surface area contributed by atoms with E-state index in [-0.39, 0.29) is 16.2 Å². The van der Waals surface area contributed by atoms with Crippen LogP contribution >= 0.6 is 0 Å². The number of hydrogen-bond acceptors (Lipinski definition) is 5. The summed E-state index contributed by atoms with van der Waals surface area (Å²) in [5, 5.41) is 18.3. The zero-order valence-electron chi connectivity index (χ0n) is 10.6. The first-order chi connectivity index (χ1) is 8.62. The van der Waals surface area contributed by atoms with E-state index in [1.807, 2.05) is 0 Å². The van der Waals surface area contributed by atoms with E-state index < -0.39 is 38.3 Å².